The summed E-state index contributed by atoms with van der Waals surface area (Å²) in [6, 6.07) is 9.40. The Labute approximate surface area is 245 Å². The fraction of sp³-hybridized carbons (Fsp3) is 0.310. The molecule has 1 N–H and O–H groups in total. The zero-order valence-corrected chi connectivity index (χ0v) is 23.6. The van der Waals surface area contributed by atoms with Crippen LogP contribution < -0.4 is 0 Å². The minimum absolute atomic E-state index is 0.0744. The van der Waals surface area contributed by atoms with E-state index in [1.807, 2.05) is 55.8 Å². The van der Waals surface area contributed by atoms with Gasteiger partial charge in [0.25, 0.3) is 0 Å². The third-order valence-electron chi connectivity index (χ3n) is 7.92. The number of morpholine rings is 1. The monoisotopic (exact) mass is 591 g/mol. The van der Waals surface area contributed by atoms with Crippen molar-refractivity contribution in [2.24, 2.45) is 0 Å². The number of aliphatic hydroxyl groups excluding tert-OH is 1. The summed E-state index contributed by atoms with van der Waals surface area (Å²) in [6.45, 7) is 3.54. The highest BCUT2D eigenvalue weighted by Crippen LogP contribution is 2.38. The molecule has 10 nitrogen and oxygen atoms in total. The van der Waals surface area contributed by atoms with Crippen molar-refractivity contribution < 1.29 is 14.6 Å². The van der Waals surface area contributed by atoms with Crippen molar-refractivity contribution in [3.05, 3.63) is 70.9 Å². The Bertz CT molecular complexity index is 1760. The Kier molecular flexibility index (Phi) is 6.78. The van der Waals surface area contributed by atoms with Gasteiger partial charge >= 0.3 is 6.03 Å². The molecule has 0 saturated carbocycles. The number of nitrogens with zero attached hydrogens (tertiary/aromatic N) is 7. The molecule has 6 heterocycles. The molecule has 1 aromatic carbocycles. The summed E-state index contributed by atoms with van der Waals surface area (Å²) >= 11 is 13.0. The molecular formula is C29H27Cl2N7O3. The number of carbonyl (C=O) groups is 1. The molecule has 0 bridgehead atoms. The minimum atomic E-state index is -0.240. The molecule has 2 amide bonds. The maximum absolute atomic E-state index is 12.9. The number of imidazole rings is 1. The van der Waals surface area contributed by atoms with Crippen LogP contribution >= 0.6 is 23.2 Å². The molecule has 4 aromatic heterocycles. The van der Waals surface area contributed by atoms with E-state index in [1.165, 1.54) is 0 Å². The highest BCUT2D eigenvalue weighted by Gasteiger charge is 2.31. The van der Waals surface area contributed by atoms with Crippen molar-refractivity contribution >= 4 is 45.8 Å². The van der Waals surface area contributed by atoms with Gasteiger partial charge in [0.15, 0.2) is 0 Å². The lowest BCUT2D eigenvalue weighted by molar-refractivity contribution is 0.0449. The highest BCUT2D eigenvalue weighted by molar-refractivity contribution is 6.39. The molecule has 2 saturated heterocycles. The quantitative estimate of drug-likeness (QED) is 0.318. The van der Waals surface area contributed by atoms with E-state index in [0.29, 0.717) is 72.0 Å². The van der Waals surface area contributed by atoms with Crippen molar-refractivity contribution in [3.8, 4) is 22.4 Å². The van der Waals surface area contributed by atoms with E-state index in [2.05, 4.69) is 5.10 Å². The number of urea groups is 1. The van der Waals surface area contributed by atoms with Crippen LogP contribution in [0.1, 0.15) is 18.2 Å². The van der Waals surface area contributed by atoms with E-state index in [9.17, 15) is 9.90 Å². The Morgan fingerprint density at radius 2 is 1.85 bits per heavy atom. The molecule has 2 fully saturated rings. The minimum Gasteiger partial charge on any atom is -0.390 e. The van der Waals surface area contributed by atoms with Gasteiger partial charge in [0, 0.05) is 66.8 Å². The van der Waals surface area contributed by atoms with Gasteiger partial charge in [-0.3, -0.25) is 9.67 Å². The molecule has 210 valence electrons. The van der Waals surface area contributed by atoms with Crippen LogP contribution in [0, 0.1) is 0 Å². The molecule has 0 radical (unpaired) electrons. The smallest absolute Gasteiger partial charge is 0.320 e. The van der Waals surface area contributed by atoms with Crippen molar-refractivity contribution in [1.82, 2.24) is 33.9 Å². The maximum atomic E-state index is 12.9. The number of aliphatic hydroxyl groups is 1. The molecule has 41 heavy (non-hydrogen) atoms. The SMILES string of the molecule is O=C(N1CCOCC1)N1CC[C@H](n2cc(-c3cnc4ccn5c(CO)c(-c6c(Cl)cccc6Cl)nc5c4c3)cn2)C1. The molecule has 5 aromatic rings. The lowest BCUT2D eigenvalue weighted by atomic mass is 10.1. The number of rotatable bonds is 4. The molecule has 1 atom stereocenters. The Hall–Kier alpha value is -3.70. The van der Waals surface area contributed by atoms with Crippen LogP contribution in [0.5, 0.6) is 0 Å². The van der Waals surface area contributed by atoms with E-state index >= 15 is 0 Å². The Morgan fingerprint density at radius 1 is 1.05 bits per heavy atom. The average molecular weight is 592 g/mol. The predicted octanol–water partition coefficient (Wildman–Crippen LogP) is 4.91. The first kappa shape index (κ1) is 26.2. The number of benzene rings is 1. The van der Waals surface area contributed by atoms with Crippen LogP contribution in [-0.4, -0.2) is 84.5 Å². The second-order valence-electron chi connectivity index (χ2n) is 10.3. The molecule has 0 unspecified atom stereocenters. The third-order valence-corrected chi connectivity index (χ3v) is 8.55. The summed E-state index contributed by atoms with van der Waals surface area (Å²) in [5.41, 5.74) is 4.93. The average Bonchev–Trinajstić information content (AvgIpc) is 3.75. The van der Waals surface area contributed by atoms with Crippen molar-refractivity contribution in [2.75, 3.05) is 39.4 Å². The highest BCUT2D eigenvalue weighted by atomic mass is 35.5. The van der Waals surface area contributed by atoms with Gasteiger partial charge in [0.05, 0.1) is 59.0 Å². The van der Waals surface area contributed by atoms with E-state index in [-0.39, 0.29) is 18.7 Å². The lowest BCUT2D eigenvalue weighted by Crippen LogP contribution is -2.47. The number of carbonyl (C=O) groups excluding carboxylic acids is 1. The number of hydrogen-bond acceptors (Lipinski definition) is 6. The summed E-state index contributed by atoms with van der Waals surface area (Å²) in [5.74, 6) is 0. The van der Waals surface area contributed by atoms with Gasteiger partial charge in [-0.25, -0.2) is 9.78 Å². The lowest BCUT2D eigenvalue weighted by Gasteiger charge is -2.30. The van der Waals surface area contributed by atoms with E-state index < -0.39 is 0 Å². The molecule has 12 heteroatoms. The van der Waals surface area contributed by atoms with Crippen LogP contribution in [-0.2, 0) is 11.3 Å². The normalized spacial score (nSPS) is 17.7. The van der Waals surface area contributed by atoms with Gasteiger partial charge in [-0.2, -0.15) is 5.10 Å². The summed E-state index contributed by atoms with van der Waals surface area (Å²) in [6.07, 6.45) is 8.36. The summed E-state index contributed by atoms with van der Waals surface area (Å²) in [4.78, 5) is 26.3. The molecule has 0 aliphatic carbocycles. The van der Waals surface area contributed by atoms with Crippen molar-refractivity contribution in [3.63, 3.8) is 0 Å². The molecule has 2 aliphatic rings. The van der Waals surface area contributed by atoms with Gasteiger partial charge < -0.3 is 24.0 Å². The summed E-state index contributed by atoms with van der Waals surface area (Å²) in [5, 5.41) is 16.7. The van der Waals surface area contributed by atoms with Gasteiger partial charge in [0.1, 0.15) is 5.65 Å². The number of ether oxygens (including phenoxy) is 1. The number of likely N-dealkylation sites (tertiary alicyclic amines) is 1. The molecule has 0 spiro atoms. The largest absolute Gasteiger partial charge is 0.390 e. The van der Waals surface area contributed by atoms with Crippen LogP contribution in [0.15, 0.2) is 55.1 Å². The van der Waals surface area contributed by atoms with Gasteiger partial charge in [0.2, 0.25) is 0 Å². The van der Waals surface area contributed by atoms with Gasteiger partial charge in [-0.05, 0) is 30.7 Å². The van der Waals surface area contributed by atoms with E-state index in [4.69, 9.17) is 37.9 Å². The number of aromatic nitrogens is 5. The fourth-order valence-electron chi connectivity index (χ4n) is 5.76. The van der Waals surface area contributed by atoms with Crippen molar-refractivity contribution in [2.45, 2.75) is 19.1 Å². The third kappa shape index (κ3) is 4.61. The van der Waals surface area contributed by atoms with Crippen LogP contribution in [0.2, 0.25) is 10.0 Å². The number of fused-ring (bicyclic) bond motifs is 3. The number of pyridine rings is 2. The fourth-order valence-corrected chi connectivity index (χ4v) is 6.33. The maximum Gasteiger partial charge on any atom is 0.320 e. The van der Waals surface area contributed by atoms with Crippen LogP contribution in [0.3, 0.4) is 0 Å². The second kappa shape index (κ2) is 10.6. The van der Waals surface area contributed by atoms with E-state index in [0.717, 1.165) is 28.5 Å². The zero-order valence-electron chi connectivity index (χ0n) is 22.1. The Balaban J connectivity index is 1.20. The summed E-state index contributed by atoms with van der Waals surface area (Å²) < 4.78 is 9.18. The second-order valence-corrected chi connectivity index (χ2v) is 11.1. The molecule has 2 aliphatic heterocycles. The first-order valence-electron chi connectivity index (χ1n) is 13.5. The first-order valence-corrected chi connectivity index (χ1v) is 14.3. The van der Waals surface area contributed by atoms with Gasteiger partial charge in [-0.15, -0.1) is 0 Å². The number of halogens is 2. The van der Waals surface area contributed by atoms with Crippen LogP contribution in [0.25, 0.3) is 38.9 Å². The van der Waals surface area contributed by atoms with Crippen molar-refractivity contribution in [1.29, 1.82) is 0 Å². The molecular weight excluding hydrogens is 565 g/mol. The molecule has 7 rings (SSSR count). The Morgan fingerprint density at radius 3 is 2.63 bits per heavy atom. The first-order chi connectivity index (χ1) is 20.0. The topological polar surface area (TPSA) is 101 Å². The number of hydrogen-bond donors (Lipinski definition) is 1. The zero-order chi connectivity index (χ0) is 28.1. The standard InChI is InChI=1S/C29H27Cl2N7O3/c30-22-2-1-3-23(31)26(22)27-25(17-39)37-7-5-24-21(28(37)34-27)12-18(13-32-24)19-14-33-38(15-19)20-4-6-36(16-20)29(40)35-8-10-41-11-9-35/h1-3,5,7,12-15,20,39H,4,6,8-11,16-17H2/t20-/m0/s1. The van der Waals surface area contributed by atoms with Gasteiger partial charge in [-0.1, -0.05) is 29.3 Å². The number of amides is 2. The van der Waals surface area contributed by atoms with E-state index in [1.54, 1.807) is 18.2 Å². The summed E-state index contributed by atoms with van der Waals surface area (Å²) in [7, 11) is 0. The van der Waals surface area contributed by atoms with Crippen LogP contribution in [0.4, 0.5) is 4.79 Å². The predicted molar refractivity (Wildman–Crippen MR) is 156 cm³/mol.